The number of nitro benzene ring substituents is 1. The van der Waals surface area contributed by atoms with E-state index in [1.165, 1.54) is 0 Å². The minimum Gasteiger partial charge on any atom is -0.507 e. The molecule has 1 N–H and O–H groups in total. The summed E-state index contributed by atoms with van der Waals surface area (Å²) in [4.78, 5) is 8.78. The fraction of sp³-hybridized carbons (Fsp3) is 0.571. The van der Waals surface area contributed by atoms with Gasteiger partial charge in [-0.1, -0.05) is 0 Å². The molecule has 0 aromatic heterocycles. The highest BCUT2D eigenvalue weighted by Crippen LogP contribution is 2.65. The monoisotopic (exact) mass is 557 g/mol. The molecule has 4 nitrogen and oxygen atoms in total. The molecule has 0 aliphatic rings. The van der Waals surface area contributed by atoms with Crippen molar-refractivity contribution in [1.29, 1.82) is 0 Å². The first-order valence-electron chi connectivity index (χ1n) is 7.76. The summed E-state index contributed by atoms with van der Waals surface area (Å²) in [5, 5.41) is 19.6. The predicted octanol–water partition coefficient (Wildman–Crippen LogP) is 6.77. The topological polar surface area (TPSA) is 63.4 Å². The van der Waals surface area contributed by atoms with Gasteiger partial charge in [-0.25, -0.2) is 0 Å². The molecular weight excluding hydrogens is 553 g/mol. The Balaban J connectivity index is 3.83. The standard InChI is InChI=1S/C14H4F17NO3/c15-7(16,5-3-4(32(34)35)1-2-6(5)33)8(17,18)9(19,20)10(21,22)11(23,24)12(25,26)13(27,28)14(29,30)31/h1-3,33H. The van der Waals surface area contributed by atoms with Crippen LogP contribution in [0.4, 0.5) is 80.3 Å². The van der Waals surface area contributed by atoms with E-state index in [1.807, 2.05) is 0 Å². The Bertz CT molecular complexity index is 985. The maximum atomic E-state index is 14.1. The van der Waals surface area contributed by atoms with Crippen molar-refractivity contribution in [3.63, 3.8) is 0 Å². The molecule has 202 valence electrons. The molecule has 1 aromatic carbocycles. The molecule has 21 heteroatoms. The molecule has 0 heterocycles. The Labute approximate surface area is 179 Å². The van der Waals surface area contributed by atoms with E-state index >= 15 is 0 Å². The summed E-state index contributed by atoms with van der Waals surface area (Å²) in [6.07, 6.45) is -7.87. The van der Waals surface area contributed by atoms with Crippen molar-refractivity contribution in [2.24, 2.45) is 0 Å². The van der Waals surface area contributed by atoms with Crippen molar-refractivity contribution in [3.8, 4) is 5.75 Å². The zero-order valence-corrected chi connectivity index (χ0v) is 15.4. The first-order valence-corrected chi connectivity index (χ1v) is 7.76. The van der Waals surface area contributed by atoms with Gasteiger partial charge < -0.3 is 5.11 Å². The molecule has 0 unspecified atom stereocenters. The van der Waals surface area contributed by atoms with E-state index in [-0.39, 0.29) is 12.1 Å². The van der Waals surface area contributed by atoms with Gasteiger partial charge in [-0.05, 0) is 6.07 Å². The van der Waals surface area contributed by atoms with Crippen LogP contribution in [0.25, 0.3) is 0 Å². The van der Waals surface area contributed by atoms with Crippen LogP contribution in [0, 0.1) is 10.1 Å². The maximum Gasteiger partial charge on any atom is 0.460 e. The van der Waals surface area contributed by atoms with Gasteiger partial charge in [0.15, 0.2) is 0 Å². The van der Waals surface area contributed by atoms with Crippen molar-refractivity contribution in [1.82, 2.24) is 0 Å². The fourth-order valence-corrected chi connectivity index (χ4v) is 2.22. The molecular formula is C14H4F17NO3. The molecule has 0 saturated carbocycles. The molecule has 0 fully saturated rings. The molecule has 1 rings (SSSR count). The number of phenols is 1. The molecule has 0 atom stereocenters. The van der Waals surface area contributed by atoms with E-state index in [4.69, 9.17) is 5.11 Å². The highest BCUT2D eigenvalue weighted by Gasteiger charge is 2.95. The van der Waals surface area contributed by atoms with Crippen molar-refractivity contribution in [2.75, 3.05) is 0 Å². The van der Waals surface area contributed by atoms with E-state index < -0.39 is 75.6 Å². The predicted molar refractivity (Wildman–Crippen MR) is 74.4 cm³/mol. The van der Waals surface area contributed by atoms with Gasteiger partial charge in [0.25, 0.3) is 5.69 Å². The number of phenolic OH excluding ortho intramolecular Hbond substituents is 1. The zero-order valence-electron chi connectivity index (χ0n) is 15.4. The Hall–Kier alpha value is -2.77. The number of hydrogen-bond donors (Lipinski definition) is 1. The van der Waals surface area contributed by atoms with Crippen LogP contribution in [0.15, 0.2) is 18.2 Å². The van der Waals surface area contributed by atoms with Crippen LogP contribution in [-0.2, 0) is 5.92 Å². The van der Waals surface area contributed by atoms with E-state index in [1.54, 1.807) is 0 Å². The molecule has 0 saturated heterocycles. The van der Waals surface area contributed by atoms with Crippen molar-refractivity contribution in [2.45, 2.75) is 47.6 Å². The molecule has 0 amide bonds. The van der Waals surface area contributed by atoms with E-state index in [2.05, 4.69) is 0 Å². The first-order chi connectivity index (χ1) is 15.1. The molecule has 0 spiro atoms. The lowest BCUT2D eigenvalue weighted by Gasteiger charge is -2.42. The third-order valence-electron chi connectivity index (χ3n) is 4.25. The Morgan fingerprint density at radius 3 is 1.29 bits per heavy atom. The number of benzene rings is 1. The summed E-state index contributed by atoms with van der Waals surface area (Å²) < 4.78 is 225. The van der Waals surface area contributed by atoms with Gasteiger partial charge in [0, 0.05) is 12.1 Å². The number of rotatable bonds is 8. The molecule has 0 bridgehead atoms. The summed E-state index contributed by atoms with van der Waals surface area (Å²) >= 11 is 0. The number of non-ortho nitro benzene ring substituents is 1. The van der Waals surface area contributed by atoms with Crippen molar-refractivity contribution < 1.29 is 84.7 Å². The van der Waals surface area contributed by atoms with Crippen LogP contribution in [0.5, 0.6) is 5.75 Å². The smallest absolute Gasteiger partial charge is 0.460 e. The number of nitrogens with zero attached hydrogens (tertiary/aromatic N) is 1. The van der Waals surface area contributed by atoms with E-state index in [0.29, 0.717) is 0 Å². The van der Waals surface area contributed by atoms with E-state index in [0.717, 1.165) is 0 Å². The summed E-state index contributed by atoms with van der Waals surface area (Å²) in [6, 6.07) is -1.09. The van der Waals surface area contributed by atoms with Gasteiger partial charge >= 0.3 is 47.6 Å². The molecule has 0 radical (unpaired) electrons. The third-order valence-corrected chi connectivity index (χ3v) is 4.25. The van der Waals surface area contributed by atoms with E-state index in [9.17, 15) is 84.8 Å². The van der Waals surface area contributed by atoms with Crippen molar-refractivity contribution >= 4 is 5.69 Å². The van der Waals surface area contributed by atoms with Crippen LogP contribution < -0.4 is 0 Å². The lowest BCUT2D eigenvalue weighted by Crippen LogP contribution is -2.74. The minimum atomic E-state index is -8.80. The average Bonchev–Trinajstić information content (AvgIpc) is 2.65. The molecule has 1 aromatic rings. The summed E-state index contributed by atoms with van der Waals surface area (Å²) in [5.41, 5.74) is -4.77. The molecule has 0 aliphatic heterocycles. The third kappa shape index (κ3) is 3.85. The number of aromatic hydroxyl groups is 1. The second-order valence-corrected chi connectivity index (χ2v) is 6.48. The van der Waals surface area contributed by atoms with Crippen LogP contribution in [-0.4, -0.2) is 51.7 Å². The normalized spacial score (nSPS) is 15.3. The Morgan fingerprint density at radius 1 is 0.600 bits per heavy atom. The number of halogens is 17. The first kappa shape index (κ1) is 30.3. The minimum absolute atomic E-state index is 0.0493. The zero-order chi connectivity index (χ0) is 28.4. The van der Waals surface area contributed by atoms with Gasteiger partial charge in [0.1, 0.15) is 5.75 Å². The highest BCUT2D eigenvalue weighted by molar-refractivity contribution is 5.46. The SMILES string of the molecule is O=[N+]([O-])c1ccc(O)c(C(F)(F)C(F)(F)C(F)(F)C(F)(F)C(F)(F)C(F)(F)C(F)(F)C(F)(F)F)c1. The van der Waals surface area contributed by atoms with Gasteiger partial charge in [-0.3, -0.25) is 10.1 Å². The summed E-state index contributed by atoms with van der Waals surface area (Å²) in [6.45, 7) is 0. The second kappa shape index (κ2) is 7.87. The van der Waals surface area contributed by atoms with Gasteiger partial charge in [0.05, 0.1) is 10.5 Å². The quantitative estimate of drug-likeness (QED) is 0.218. The fourth-order valence-electron chi connectivity index (χ4n) is 2.22. The van der Waals surface area contributed by atoms with Crippen LogP contribution in [0.1, 0.15) is 5.56 Å². The van der Waals surface area contributed by atoms with Crippen LogP contribution in [0.2, 0.25) is 0 Å². The number of alkyl halides is 17. The molecule has 35 heavy (non-hydrogen) atoms. The second-order valence-electron chi connectivity index (χ2n) is 6.48. The van der Waals surface area contributed by atoms with Crippen LogP contribution >= 0.6 is 0 Å². The average molecular weight is 557 g/mol. The summed E-state index contributed by atoms with van der Waals surface area (Å²) in [5.74, 6) is -60.6. The maximum absolute atomic E-state index is 14.1. The lowest BCUT2D eigenvalue weighted by atomic mass is 9.87. The Morgan fingerprint density at radius 2 is 0.943 bits per heavy atom. The Kier molecular flexibility index (Phi) is 6.80. The van der Waals surface area contributed by atoms with Gasteiger partial charge in [0.2, 0.25) is 0 Å². The lowest BCUT2D eigenvalue weighted by molar-refractivity contribution is -0.462. The van der Waals surface area contributed by atoms with Gasteiger partial charge in [-0.2, -0.15) is 74.6 Å². The summed E-state index contributed by atoms with van der Waals surface area (Å²) in [7, 11) is 0. The van der Waals surface area contributed by atoms with Gasteiger partial charge in [-0.15, -0.1) is 0 Å². The highest BCUT2D eigenvalue weighted by atomic mass is 19.4. The van der Waals surface area contributed by atoms with Crippen LogP contribution in [0.3, 0.4) is 0 Å². The number of hydrogen-bond acceptors (Lipinski definition) is 3. The molecule has 0 aliphatic carbocycles. The van der Waals surface area contributed by atoms with Crippen molar-refractivity contribution in [3.05, 3.63) is 33.9 Å². The largest absolute Gasteiger partial charge is 0.507 e. The number of nitro groups is 1.